The van der Waals surface area contributed by atoms with Crippen molar-refractivity contribution >= 4 is 38.7 Å². The molecule has 0 bridgehead atoms. The van der Waals surface area contributed by atoms with Crippen molar-refractivity contribution in [1.29, 1.82) is 0 Å². The van der Waals surface area contributed by atoms with Crippen molar-refractivity contribution in [1.82, 2.24) is 9.71 Å². The number of hydrogen-bond donors (Lipinski definition) is 2. The molecule has 2 N–H and O–H groups in total. The van der Waals surface area contributed by atoms with Crippen LogP contribution in [0.1, 0.15) is 15.4 Å². The van der Waals surface area contributed by atoms with Gasteiger partial charge in [0.05, 0.1) is 16.1 Å². The van der Waals surface area contributed by atoms with Crippen molar-refractivity contribution in [2.45, 2.75) is 11.3 Å². The van der Waals surface area contributed by atoms with E-state index in [9.17, 15) is 13.2 Å². The maximum Gasteiger partial charge on any atom is 0.345 e. The molecule has 0 radical (unpaired) electrons. The molecule has 0 fully saturated rings. The lowest BCUT2D eigenvalue weighted by atomic mass is 10.3. The minimum atomic E-state index is -3.65. The molecule has 0 saturated heterocycles. The lowest BCUT2D eigenvalue weighted by molar-refractivity contribution is 0.0702. The molecule has 9 heteroatoms. The molecular weight excluding hydrogens is 308 g/mol. The third-order valence-electron chi connectivity index (χ3n) is 2.25. The zero-order valence-corrected chi connectivity index (χ0v) is 12.0. The standard InChI is InChI=1S/C10H10N2O4S3/c13-10(14)9-3-8(5-18-9)19(15,16)12-2-1-7-4-17-6-11-7/h3-6,12H,1-2H2,(H,13,14). The van der Waals surface area contributed by atoms with E-state index in [0.29, 0.717) is 6.42 Å². The molecule has 0 aliphatic carbocycles. The van der Waals surface area contributed by atoms with E-state index in [-0.39, 0.29) is 16.3 Å². The van der Waals surface area contributed by atoms with Crippen LogP contribution in [0.15, 0.2) is 27.2 Å². The fourth-order valence-corrected chi connectivity index (χ4v) is 4.07. The van der Waals surface area contributed by atoms with Gasteiger partial charge in [0, 0.05) is 23.7 Å². The van der Waals surface area contributed by atoms with E-state index in [1.807, 2.05) is 5.38 Å². The molecule has 2 aromatic heterocycles. The SMILES string of the molecule is O=C(O)c1cc(S(=O)(=O)NCCc2cscn2)cs1. The molecular formula is C10H10N2O4S3. The third-order valence-corrected chi connectivity index (χ3v) is 5.40. The summed E-state index contributed by atoms with van der Waals surface area (Å²) >= 11 is 2.33. The van der Waals surface area contributed by atoms with Crippen LogP contribution in [0.25, 0.3) is 0 Å². The van der Waals surface area contributed by atoms with Crippen LogP contribution in [0.3, 0.4) is 0 Å². The van der Waals surface area contributed by atoms with Gasteiger partial charge in [-0.05, 0) is 6.07 Å². The number of aromatic nitrogens is 1. The molecule has 2 rings (SSSR count). The van der Waals surface area contributed by atoms with E-state index in [0.717, 1.165) is 23.1 Å². The number of nitrogens with one attached hydrogen (secondary N) is 1. The zero-order valence-electron chi connectivity index (χ0n) is 9.57. The fraction of sp³-hybridized carbons (Fsp3) is 0.200. The molecule has 0 aromatic carbocycles. The highest BCUT2D eigenvalue weighted by atomic mass is 32.2. The summed E-state index contributed by atoms with van der Waals surface area (Å²) in [6, 6.07) is 1.15. The Hall–Kier alpha value is -1.29. The molecule has 0 amide bonds. The molecule has 0 unspecified atom stereocenters. The molecule has 2 aromatic rings. The van der Waals surface area contributed by atoms with Crippen LogP contribution in [0, 0.1) is 0 Å². The number of carboxylic acids is 1. The second kappa shape index (κ2) is 5.78. The molecule has 6 nitrogen and oxygen atoms in total. The van der Waals surface area contributed by atoms with E-state index in [4.69, 9.17) is 5.11 Å². The van der Waals surface area contributed by atoms with Crippen molar-refractivity contribution in [3.8, 4) is 0 Å². The van der Waals surface area contributed by atoms with Crippen LogP contribution in [0.2, 0.25) is 0 Å². The highest BCUT2D eigenvalue weighted by Crippen LogP contribution is 2.19. The van der Waals surface area contributed by atoms with Crippen molar-refractivity contribution in [3.05, 3.63) is 32.9 Å². The van der Waals surface area contributed by atoms with Crippen molar-refractivity contribution < 1.29 is 18.3 Å². The number of sulfonamides is 1. The first-order valence-electron chi connectivity index (χ1n) is 5.17. The predicted molar refractivity (Wildman–Crippen MR) is 72.3 cm³/mol. The van der Waals surface area contributed by atoms with Crippen LogP contribution in [-0.4, -0.2) is 31.0 Å². The van der Waals surface area contributed by atoms with Crippen LogP contribution in [0.4, 0.5) is 0 Å². The minimum absolute atomic E-state index is 0.000115. The van der Waals surface area contributed by atoms with Gasteiger partial charge in [0.25, 0.3) is 0 Å². The van der Waals surface area contributed by atoms with Crippen molar-refractivity contribution in [2.24, 2.45) is 0 Å². The third kappa shape index (κ3) is 3.60. The lowest BCUT2D eigenvalue weighted by Gasteiger charge is -2.03. The lowest BCUT2D eigenvalue weighted by Crippen LogP contribution is -2.25. The Morgan fingerprint density at radius 2 is 2.21 bits per heavy atom. The smallest absolute Gasteiger partial charge is 0.345 e. The maximum atomic E-state index is 11.9. The van der Waals surface area contributed by atoms with Crippen LogP contribution >= 0.6 is 22.7 Å². The first-order chi connectivity index (χ1) is 8.99. The Morgan fingerprint density at radius 1 is 1.42 bits per heavy atom. The quantitative estimate of drug-likeness (QED) is 0.840. The molecule has 102 valence electrons. The minimum Gasteiger partial charge on any atom is -0.477 e. The topological polar surface area (TPSA) is 96.4 Å². The van der Waals surface area contributed by atoms with Gasteiger partial charge in [-0.3, -0.25) is 0 Å². The fourth-order valence-electron chi connectivity index (χ4n) is 1.33. The van der Waals surface area contributed by atoms with Gasteiger partial charge >= 0.3 is 5.97 Å². The molecule has 19 heavy (non-hydrogen) atoms. The van der Waals surface area contributed by atoms with Gasteiger partial charge in [0.1, 0.15) is 4.88 Å². The summed E-state index contributed by atoms with van der Waals surface area (Å²) in [6.45, 7) is 0.227. The van der Waals surface area contributed by atoms with Crippen molar-refractivity contribution in [3.63, 3.8) is 0 Å². The molecule has 0 aliphatic heterocycles. The average molecular weight is 318 g/mol. The van der Waals surface area contributed by atoms with E-state index >= 15 is 0 Å². The summed E-state index contributed by atoms with van der Waals surface area (Å²) < 4.78 is 26.2. The summed E-state index contributed by atoms with van der Waals surface area (Å²) in [7, 11) is -3.65. The largest absolute Gasteiger partial charge is 0.477 e. The van der Waals surface area contributed by atoms with Crippen LogP contribution < -0.4 is 4.72 Å². The first kappa shape index (κ1) is 14.1. The van der Waals surface area contributed by atoms with Gasteiger partial charge in [-0.25, -0.2) is 22.9 Å². The number of thiazole rings is 1. The molecule has 0 atom stereocenters. The summed E-state index contributed by atoms with van der Waals surface area (Å²) in [6.07, 6.45) is 0.499. The zero-order chi connectivity index (χ0) is 13.9. The Bertz CT molecular complexity index is 661. The van der Waals surface area contributed by atoms with Gasteiger partial charge < -0.3 is 5.11 Å². The Labute approximate surface area is 117 Å². The summed E-state index contributed by atoms with van der Waals surface area (Å²) in [5.74, 6) is -1.13. The Kier molecular flexibility index (Phi) is 4.30. The van der Waals surface area contributed by atoms with E-state index in [1.54, 1.807) is 5.51 Å². The average Bonchev–Trinajstić information content (AvgIpc) is 2.99. The second-order valence-corrected chi connectivity index (χ2v) is 6.98. The molecule has 2 heterocycles. The number of aromatic carboxylic acids is 1. The van der Waals surface area contributed by atoms with E-state index in [1.165, 1.54) is 16.7 Å². The molecule has 0 spiro atoms. The first-order valence-corrected chi connectivity index (χ1v) is 8.48. The number of hydrogen-bond acceptors (Lipinski definition) is 6. The van der Waals surface area contributed by atoms with Gasteiger partial charge in [-0.2, -0.15) is 0 Å². The van der Waals surface area contributed by atoms with Gasteiger partial charge in [-0.15, -0.1) is 22.7 Å². The van der Waals surface area contributed by atoms with E-state index < -0.39 is 16.0 Å². The number of carbonyl (C=O) groups is 1. The summed E-state index contributed by atoms with van der Waals surface area (Å²) in [5.41, 5.74) is 2.51. The number of carboxylic acid groups (broad SMARTS) is 1. The molecule has 0 aliphatic rings. The summed E-state index contributed by atoms with van der Waals surface area (Å²) in [5, 5.41) is 11.9. The van der Waals surface area contributed by atoms with Gasteiger partial charge in [-0.1, -0.05) is 0 Å². The summed E-state index contributed by atoms with van der Waals surface area (Å²) in [4.78, 5) is 14.7. The monoisotopic (exact) mass is 318 g/mol. The maximum absolute atomic E-state index is 11.9. The van der Waals surface area contributed by atoms with Crippen LogP contribution in [0.5, 0.6) is 0 Å². The van der Waals surface area contributed by atoms with Crippen LogP contribution in [-0.2, 0) is 16.4 Å². The highest BCUT2D eigenvalue weighted by molar-refractivity contribution is 7.89. The van der Waals surface area contributed by atoms with Crippen molar-refractivity contribution in [2.75, 3.05) is 6.54 Å². The predicted octanol–water partition coefficient (Wildman–Crippen LogP) is 1.42. The van der Waals surface area contributed by atoms with Gasteiger partial charge in [0.15, 0.2) is 0 Å². The number of rotatable bonds is 6. The number of thiophene rings is 1. The Morgan fingerprint density at radius 3 is 2.79 bits per heavy atom. The second-order valence-electron chi connectivity index (χ2n) is 3.58. The number of nitrogens with zero attached hydrogens (tertiary/aromatic N) is 1. The van der Waals surface area contributed by atoms with Gasteiger partial charge in [0.2, 0.25) is 10.0 Å². The normalized spacial score (nSPS) is 11.6. The van der Waals surface area contributed by atoms with E-state index in [2.05, 4.69) is 9.71 Å². The molecule has 0 saturated carbocycles. The Balaban J connectivity index is 1.99. The highest BCUT2D eigenvalue weighted by Gasteiger charge is 2.18.